The standard InChI is InChI=1S/C17H16ClNO3/c1-21-14-7-12-10-19(9-11-3-5-13(18)6-4-11)17(20)16(12)15(8-14)22-2/h3-8,10,20H,9H2,1-2H3. The summed E-state index contributed by atoms with van der Waals surface area (Å²) in [5, 5.41) is 12.7. The van der Waals surface area contributed by atoms with E-state index in [-0.39, 0.29) is 5.88 Å². The molecule has 0 amide bonds. The van der Waals surface area contributed by atoms with Gasteiger partial charge in [-0.05, 0) is 23.8 Å². The lowest BCUT2D eigenvalue weighted by Crippen LogP contribution is -1.96. The number of aromatic nitrogens is 1. The fourth-order valence-electron chi connectivity index (χ4n) is 2.51. The second kappa shape index (κ2) is 5.81. The maximum atomic E-state index is 10.5. The number of aromatic hydroxyl groups is 1. The van der Waals surface area contributed by atoms with E-state index < -0.39 is 0 Å². The first-order valence-corrected chi connectivity index (χ1v) is 7.18. The van der Waals surface area contributed by atoms with Gasteiger partial charge in [0.25, 0.3) is 0 Å². The van der Waals surface area contributed by atoms with E-state index in [0.717, 1.165) is 10.9 Å². The van der Waals surface area contributed by atoms with E-state index in [0.29, 0.717) is 28.5 Å². The van der Waals surface area contributed by atoms with Crippen molar-refractivity contribution in [2.24, 2.45) is 0 Å². The Hall–Kier alpha value is -2.33. The van der Waals surface area contributed by atoms with Gasteiger partial charge in [-0.2, -0.15) is 0 Å². The predicted molar refractivity (Wildman–Crippen MR) is 87.3 cm³/mol. The summed E-state index contributed by atoms with van der Waals surface area (Å²) >= 11 is 5.90. The Labute approximate surface area is 133 Å². The Morgan fingerprint density at radius 1 is 1.09 bits per heavy atom. The van der Waals surface area contributed by atoms with Crippen molar-refractivity contribution in [2.45, 2.75) is 6.54 Å². The minimum Gasteiger partial charge on any atom is -0.497 e. The first-order valence-electron chi connectivity index (χ1n) is 6.80. The smallest absolute Gasteiger partial charge is 0.203 e. The number of hydrogen-bond donors (Lipinski definition) is 1. The zero-order valence-electron chi connectivity index (χ0n) is 12.3. The molecule has 0 saturated heterocycles. The second-order valence-electron chi connectivity index (χ2n) is 5.00. The van der Waals surface area contributed by atoms with Crippen LogP contribution in [0.15, 0.2) is 42.6 Å². The summed E-state index contributed by atoms with van der Waals surface area (Å²) in [6.07, 6.45) is 1.88. The Balaban J connectivity index is 2.07. The zero-order valence-corrected chi connectivity index (χ0v) is 13.1. The lowest BCUT2D eigenvalue weighted by Gasteiger charge is -2.07. The van der Waals surface area contributed by atoms with Crippen molar-refractivity contribution in [3.8, 4) is 17.4 Å². The van der Waals surface area contributed by atoms with Crippen LogP contribution in [0.2, 0.25) is 5.02 Å². The van der Waals surface area contributed by atoms with Crippen molar-refractivity contribution in [2.75, 3.05) is 14.2 Å². The largest absolute Gasteiger partial charge is 0.497 e. The third kappa shape index (κ3) is 2.57. The van der Waals surface area contributed by atoms with Crippen molar-refractivity contribution >= 4 is 22.4 Å². The van der Waals surface area contributed by atoms with Crippen molar-refractivity contribution in [3.63, 3.8) is 0 Å². The van der Waals surface area contributed by atoms with Gasteiger partial charge in [0.1, 0.15) is 11.5 Å². The molecule has 2 aromatic carbocycles. The van der Waals surface area contributed by atoms with Crippen molar-refractivity contribution in [3.05, 3.63) is 53.2 Å². The number of nitrogens with zero attached hydrogens (tertiary/aromatic N) is 1. The van der Waals surface area contributed by atoms with E-state index in [1.165, 1.54) is 0 Å². The molecule has 22 heavy (non-hydrogen) atoms. The molecule has 4 nitrogen and oxygen atoms in total. The molecule has 0 aliphatic heterocycles. The van der Waals surface area contributed by atoms with Gasteiger partial charge in [0.2, 0.25) is 5.88 Å². The summed E-state index contributed by atoms with van der Waals surface area (Å²) in [5.41, 5.74) is 1.05. The van der Waals surface area contributed by atoms with Gasteiger partial charge in [-0.15, -0.1) is 0 Å². The van der Waals surface area contributed by atoms with E-state index in [1.807, 2.05) is 36.5 Å². The van der Waals surface area contributed by atoms with E-state index in [9.17, 15) is 5.11 Å². The lowest BCUT2D eigenvalue weighted by atomic mass is 10.2. The summed E-state index contributed by atoms with van der Waals surface area (Å²) in [7, 11) is 3.18. The molecule has 3 rings (SSSR count). The number of hydrogen-bond acceptors (Lipinski definition) is 3. The maximum Gasteiger partial charge on any atom is 0.203 e. The molecule has 0 aliphatic rings. The molecular formula is C17H16ClNO3. The molecule has 0 bridgehead atoms. The van der Waals surface area contributed by atoms with Gasteiger partial charge in [-0.25, -0.2) is 0 Å². The summed E-state index contributed by atoms with van der Waals surface area (Å²) < 4.78 is 12.4. The fourth-order valence-corrected chi connectivity index (χ4v) is 2.64. The predicted octanol–water partition coefficient (Wildman–Crippen LogP) is 4.07. The van der Waals surface area contributed by atoms with E-state index >= 15 is 0 Å². The third-order valence-corrected chi connectivity index (χ3v) is 3.87. The molecule has 0 aliphatic carbocycles. The Morgan fingerprint density at radius 3 is 2.45 bits per heavy atom. The van der Waals surface area contributed by atoms with Crippen molar-refractivity contribution < 1.29 is 14.6 Å². The first-order chi connectivity index (χ1) is 10.6. The highest BCUT2D eigenvalue weighted by Gasteiger charge is 2.15. The van der Waals surface area contributed by atoms with Gasteiger partial charge in [0.15, 0.2) is 0 Å². The van der Waals surface area contributed by atoms with Crippen LogP contribution in [0.5, 0.6) is 17.4 Å². The molecule has 0 spiro atoms. The summed E-state index contributed by atoms with van der Waals surface area (Å²) in [6, 6.07) is 11.2. The summed E-state index contributed by atoms with van der Waals surface area (Å²) in [4.78, 5) is 0. The highest BCUT2D eigenvalue weighted by molar-refractivity contribution is 6.30. The van der Waals surface area contributed by atoms with E-state index in [2.05, 4.69) is 0 Å². The summed E-state index contributed by atoms with van der Waals surface area (Å²) in [6.45, 7) is 0.545. The highest BCUT2D eigenvalue weighted by Crippen LogP contribution is 2.38. The minimum atomic E-state index is 0.171. The highest BCUT2D eigenvalue weighted by atomic mass is 35.5. The number of fused-ring (bicyclic) bond motifs is 1. The molecule has 5 heteroatoms. The van der Waals surface area contributed by atoms with Crippen LogP contribution in [0.3, 0.4) is 0 Å². The minimum absolute atomic E-state index is 0.171. The van der Waals surface area contributed by atoms with Crippen molar-refractivity contribution in [1.82, 2.24) is 4.57 Å². The first kappa shape index (κ1) is 14.6. The van der Waals surface area contributed by atoms with Gasteiger partial charge in [-0.3, -0.25) is 0 Å². The molecule has 1 aromatic heterocycles. The molecule has 0 fully saturated rings. The maximum absolute atomic E-state index is 10.5. The molecule has 1 N–H and O–H groups in total. The van der Waals surface area contributed by atoms with E-state index in [1.54, 1.807) is 24.9 Å². The van der Waals surface area contributed by atoms with Crippen LogP contribution in [-0.4, -0.2) is 23.9 Å². The van der Waals surface area contributed by atoms with Gasteiger partial charge >= 0.3 is 0 Å². The lowest BCUT2D eigenvalue weighted by molar-refractivity contribution is 0.394. The Bertz CT molecular complexity index is 809. The molecule has 0 unspecified atom stereocenters. The molecule has 1 heterocycles. The molecule has 3 aromatic rings. The number of ether oxygens (including phenoxy) is 2. The van der Waals surface area contributed by atoms with Crippen LogP contribution >= 0.6 is 11.6 Å². The average molecular weight is 318 g/mol. The van der Waals surface area contributed by atoms with Crippen LogP contribution in [0.1, 0.15) is 5.56 Å². The van der Waals surface area contributed by atoms with Crippen LogP contribution in [0, 0.1) is 0 Å². The quantitative estimate of drug-likeness (QED) is 0.789. The van der Waals surface area contributed by atoms with Gasteiger partial charge in [0, 0.05) is 22.7 Å². The molecule has 0 saturated carbocycles. The second-order valence-corrected chi connectivity index (χ2v) is 5.44. The van der Waals surface area contributed by atoms with Crippen LogP contribution in [0.4, 0.5) is 0 Å². The topological polar surface area (TPSA) is 43.6 Å². The van der Waals surface area contributed by atoms with E-state index in [4.69, 9.17) is 21.1 Å². The number of benzene rings is 2. The number of rotatable bonds is 4. The van der Waals surface area contributed by atoms with Crippen LogP contribution in [0.25, 0.3) is 10.8 Å². The monoisotopic (exact) mass is 317 g/mol. The van der Waals surface area contributed by atoms with Gasteiger partial charge < -0.3 is 19.1 Å². The SMILES string of the molecule is COc1cc(OC)c2c(O)n(Cc3ccc(Cl)cc3)cc2c1. The average Bonchev–Trinajstić information content (AvgIpc) is 2.85. The van der Waals surface area contributed by atoms with Gasteiger partial charge in [-0.1, -0.05) is 23.7 Å². The van der Waals surface area contributed by atoms with Gasteiger partial charge in [0.05, 0.1) is 26.2 Å². The van der Waals surface area contributed by atoms with Crippen LogP contribution < -0.4 is 9.47 Å². The number of methoxy groups -OCH3 is 2. The Morgan fingerprint density at radius 2 is 1.82 bits per heavy atom. The summed E-state index contributed by atoms with van der Waals surface area (Å²) in [5.74, 6) is 1.44. The Kier molecular flexibility index (Phi) is 3.86. The molecule has 0 radical (unpaired) electrons. The molecule has 0 atom stereocenters. The fraction of sp³-hybridized carbons (Fsp3) is 0.176. The normalized spacial score (nSPS) is 10.9. The zero-order chi connectivity index (χ0) is 15.7. The third-order valence-electron chi connectivity index (χ3n) is 3.62. The van der Waals surface area contributed by atoms with Crippen LogP contribution in [-0.2, 0) is 6.54 Å². The molecule has 114 valence electrons. The number of halogens is 1. The molecular weight excluding hydrogens is 302 g/mol. The van der Waals surface area contributed by atoms with Crippen molar-refractivity contribution in [1.29, 1.82) is 0 Å².